The number of nitrogens with zero attached hydrogens (tertiary/aromatic N) is 1. The predicted molar refractivity (Wildman–Crippen MR) is 81.1 cm³/mol. The highest BCUT2D eigenvalue weighted by molar-refractivity contribution is 5.78. The molecule has 2 atom stereocenters. The van der Waals surface area contributed by atoms with Crippen LogP contribution in [0, 0.1) is 12.8 Å². The zero-order valence-corrected chi connectivity index (χ0v) is 13.1. The summed E-state index contributed by atoms with van der Waals surface area (Å²) in [6.07, 6.45) is 2.01. The first kappa shape index (κ1) is 16.3. The lowest BCUT2D eigenvalue weighted by Gasteiger charge is -2.13. The maximum absolute atomic E-state index is 12.0. The van der Waals surface area contributed by atoms with Crippen LogP contribution in [0.1, 0.15) is 31.7 Å². The molecule has 0 saturated heterocycles. The van der Waals surface area contributed by atoms with Gasteiger partial charge in [-0.3, -0.25) is 4.79 Å². The molecule has 2 unspecified atom stereocenters. The van der Waals surface area contributed by atoms with E-state index in [2.05, 4.69) is 10.3 Å². The van der Waals surface area contributed by atoms with Crippen LogP contribution in [0.25, 0.3) is 11.7 Å². The van der Waals surface area contributed by atoms with E-state index in [1.54, 1.807) is 32.2 Å². The van der Waals surface area contributed by atoms with Crippen molar-refractivity contribution in [2.75, 3.05) is 6.54 Å². The van der Waals surface area contributed by atoms with E-state index in [9.17, 15) is 9.90 Å². The largest absolute Gasteiger partial charge is 0.459 e. The lowest BCUT2D eigenvalue weighted by Crippen LogP contribution is -2.30. The van der Waals surface area contributed by atoms with Gasteiger partial charge in [0.05, 0.1) is 24.5 Å². The van der Waals surface area contributed by atoms with E-state index in [0.29, 0.717) is 36.1 Å². The molecule has 2 rings (SSSR count). The molecule has 2 N–H and O–H groups in total. The highest BCUT2D eigenvalue weighted by Gasteiger charge is 2.16. The molecule has 2 aromatic heterocycles. The van der Waals surface area contributed by atoms with Gasteiger partial charge in [0, 0.05) is 6.54 Å². The first-order valence-corrected chi connectivity index (χ1v) is 7.40. The third-order valence-electron chi connectivity index (χ3n) is 3.34. The summed E-state index contributed by atoms with van der Waals surface area (Å²) in [6, 6.07) is 3.51. The minimum Gasteiger partial charge on any atom is -0.459 e. The van der Waals surface area contributed by atoms with E-state index < -0.39 is 0 Å². The van der Waals surface area contributed by atoms with E-state index >= 15 is 0 Å². The number of furan rings is 1. The Morgan fingerprint density at radius 2 is 2.23 bits per heavy atom. The van der Waals surface area contributed by atoms with Gasteiger partial charge in [0.15, 0.2) is 5.76 Å². The van der Waals surface area contributed by atoms with Crippen molar-refractivity contribution in [2.24, 2.45) is 5.92 Å². The van der Waals surface area contributed by atoms with Gasteiger partial charge in [-0.15, -0.1) is 0 Å². The molecule has 0 aliphatic heterocycles. The fraction of sp³-hybridized carbons (Fsp3) is 0.500. The number of carbonyl (C=O) groups excluding carboxylic acids is 1. The molecule has 0 spiro atoms. The Morgan fingerprint density at radius 3 is 2.86 bits per heavy atom. The van der Waals surface area contributed by atoms with Crippen molar-refractivity contribution in [1.82, 2.24) is 10.3 Å². The minimum absolute atomic E-state index is 0.111. The Balaban J connectivity index is 1.89. The maximum atomic E-state index is 12.0. The topological polar surface area (TPSA) is 88.5 Å². The van der Waals surface area contributed by atoms with Gasteiger partial charge in [-0.2, -0.15) is 0 Å². The molecule has 120 valence electrons. The van der Waals surface area contributed by atoms with Crippen molar-refractivity contribution >= 4 is 5.91 Å². The fourth-order valence-corrected chi connectivity index (χ4v) is 2.27. The highest BCUT2D eigenvalue weighted by Crippen LogP contribution is 2.22. The van der Waals surface area contributed by atoms with E-state index in [1.165, 1.54) is 0 Å². The van der Waals surface area contributed by atoms with Gasteiger partial charge in [-0.1, -0.05) is 6.92 Å². The molecule has 6 nitrogen and oxygen atoms in total. The molecule has 0 aromatic carbocycles. The second-order valence-electron chi connectivity index (χ2n) is 5.67. The molecule has 0 saturated carbocycles. The number of aliphatic hydroxyl groups is 1. The van der Waals surface area contributed by atoms with Gasteiger partial charge < -0.3 is 19.3 Å². The summed E-state index contributed by atoms with van der Waals surface area (Å²) < 4.78 is 10.7. The number of aliphatic hydroxyl groups excluding tert-OH is 1. The molecule has 2 heterocycles. The second kappa shape index (κ2) is 7.26. The van der Waals surface area contributed by atoms with Gasteiger partial charge in [0.1, 0.15) is 5.76 Å². The number of aromatic nitrogens is 1. The standard InChI is InChI=1S/C16H22N2O4/c1-10(7-11(2)19)9-17-15(20)8-13-12(3)22-16(18-13)14-5-4-6-21-14/h4-6,10-11,19H,7-9H2,1-3H3,(H,17,20). The molecule has 22 heavy (non-hydrogen) atoms. The summed E-state index contributed by atoms with van der Waals surface area (Å²) >= 11 is 0. The van der Waals surface area contributed by atoms with Crippen LogP contribution in [-0.4, -0.2) is 28.6 Å². The van der Waals surface area contributed by atoms with Crippen LogP contribution in [0.4, 0.5) is 0 Å². The Morgan fingerprint density at radius 1 is 1.45 bits per heavy atom. The van der Waals surface area contributed by atoms with Crippen LogP contribution in [0.15, 0.2) is 27.2 Å². The number of carbonyl (C=O) groups is 1. The molecule has 0 aliphatic carbocycles. The number of aryl methyl sites for hydroxylation is 1. The van der Waals surface area contributed by atoms with Crippen molar-refractivity contribution in [3.63, 3.8) is 0 Å². The van der Waals surface area contributed by atoms with Crippen LogP contribution in [0.5, 0.6) is 0 Å². The third kappa shape index (κ3) is 4.46. The molecule has 0 aliphatic rings. The van der Waals surface area contributed by atoms with Crippen molar-refractivity contribution in [1.29, 1.82) is 0 Å². The molecule has 2 aromatic rings. The Hall–Kier alpha value is -2.08. The van der Waals surface area contributed by atoms with Gasteiger partial charge >= 0.3 is 0 Å². The van der Waals surface area contributed by atoms with Gasteiger partial charge in [0.2, 0.25) is 5.91 Å². The lowest BCUT2D eigenvalue weighted by molar-refractivity contribution is -0.120. The molecule has 0 fully saturated rings. The molecule has 0 bridgehead atoms. The van der Waals surface area contributed by atoms with Crippen LogP contribution in [0.2, 0.25) is 0 Å². The zero-order valence-electron chi connectivity index (χ0n) is 13.1. The van der Waals surface area contributed by atoms with E-state index in [-0.39, 0.29) is 24.3 Å². The summed E-state index contributed by atoms with van der Waals surface area (Å²) in [5, 5.41) is 12.2. The van der Waals surface area contributed by atoms with Gasteiger partial charge in [-0.25, -0.2) is 4.98 Å². The summed E-state index contributed by atoms with van der Waals surface area (Å²) in [5.41, 5.74) is 0.604. The molecule has 0 radical (unpaired) electrons. The normalized spacial score (nSPS) is 13.8. The smallest absolute Gasteiger partial charge is 0.263 e. The first-order valence-electron chi connectivity index (χ1n) is 7.40. The molecular weight excluding hydrogens is 284 g/mol. The minimum atomic E-state index is -0.361. The summed E-state index contributed by atoms with van der Waals surface area (Å²) in [4.78, 5) is 16.3. The summed E-state index contributed by atoms with van der Waals surface area (Å²) in [7, 11) is 0. The zero-order chi connectivity index (χ0) is 16.1. The Bertz CT molecular complexity index is 602. The van der Waals surface area contributed by atoms with Crippen molar-refractivity contribution in [3.05, 3.63) is 29.9 Å². The summed E-state index contributed by atoms with van der Waals surface area (Å²) in [6.45, 7) is 6.04. The monoisotopic (exact) mass is 306 g/mol. The number of hydrogen-bond donors (Lipinski definition) is 2. The van der Waals surface area contributed by atoms with Crippen LogP contribution in [-0.2, 0) is 11.2 Å². The third-order valence-corrected chi connectivity index (χ3v) is 3.34. The Kier molecular flexibility index (Phi) is 5.38. The summed E-state index contributed by atoms with van der Waals surface area (Å²) in [5.74, 6) is 1.65. The SMILES string of the molecule is Cc1oc(-c2ccco2)nc1CC(=O)NCC(C)CC(C)O. The lowest BCUT2D eigenvalue weighted by atomic mass is 10.0. The second-order valence-corrected chi connectivity index (χ2v) is 5.67. The molecular formula is C16H22N2O4. The van der Waals surface area contributed by atoms with Crippen LogP contribution in [0.3, 0.4) is 0 Å². The van der Waals surface area contributed by atoms with Gasteiger partial charge in [0.25, 0.3) is 5.89 Å². The van der Waals surface area contributed by atoms with E-state index in [4.69, 9.17) is 8.83 Å². The maximum Gasteiger partial charge on any atom is 0.263 e. The first-order chi connectivity index (χ1) is 10.5. The average molecular weight is 306 g/mol. The average Bonchev–Trinajstić information content (AvgIpc) is 3.06. The van der Waals surface area contributed by atoms with Crippen molar-refractivity contribution in [2.45, 2.75) is 39.7 Å². The number of oxazole rings is 1. The number of rotatable bonds is 7. The van der Waals surface area contributed by atoms with Crippen LogP contribution < -0.4 is 5.32 Å². The molecule has 6 heteroatoms. The van der Waals surface area contributed by atoms with E-state index in [1.807, 2.05) is 6.92 Å². The number of nitrogens with one attached hydrogen (secondary N) is 1. The fourth-order valence-electron chi connectivity index (χ4n) is 2.27. The number of amides is 1. The predicted octanol–water partition coefficient (Wildman–Crippen LogP) is 2.31. The Labute approximate surface area is 129 Å². The quantitative estimate of drug-likeness (QED) is 0.819. The van der Waals surface area contributed by atoms with Crippen LogP contribution >= 0.6 is 0 Å². The van der Waals surface area contributed by atoms with Gasteiger partial charge in [-0.05, 0) is 38.3 Å². The highest BCUT2D eigenvalue weighted by atomic mass is 16.4. The van der Waals surface area contributed by atoms with E-state index in [0.717, 1.165) is 0 Å². The van der Waals surface area contributed by atoms with Crippen molar-refractivity contribution in [3.8, 4) is 11.7 Å². The van der Waals surface area contributed by atoms with Crippen molar-refractivity contribution < 1.29 is 18.7 Å². The number of hydrogen-bond acceptors (Lipinski definition) is 5. The molecule has 1 amide bonds.